The topological polar surface area (TPSA) is 47.7 Å². The van der Waals surface area contributed by atoms with Gasteiger partial charge < -0.3 is 15.2 Å². The smallest absolute Gasteiger partial charge is 0.121 e. The second kappa shape index (κ2) is 6.26. The number of rotatable bonds is 4. The molecule has 1 fully saturated rings. The van der Waals surface area contributed by atoms with Crippen LogP contribution in [0.4, 0.5) is 5.69 Å². The van der Waals surface area contributed by atoms with Gasteiger partial charge in [0.2, 0.25) is 0 Å². The number of hydrogen-bond donors (Lipinski definition) is 1. The Kier molecular flexibility index (Phi) is 4.66. The van der Waals surface area contributed by atoms with Gasteiger partial charge in [0.15, 0.2) is 0 Å². The molecule has 0 amide bonds. The molecule has 4 heteroatoms. The molecule has 19 heavy (non-hydrogen) atoms. The van der Waals surface area contributed by atoms with Gasteiger partial charge in [-0.15, -0.1) is 0 Å². The Hall–Kier alpha value is -1.26. The van der Waals surface area contributed by atoms with E-state index in [1.54, 1.807) is 14.2 Å². The largest absolute Gasteiger partial charge is 0.497 e. The fraction of sp³-hybridized carbons (Fsp3) is 0.600. The highest BCUT2D eigenvalue weighted by Crippen LogP contribution is 2.23. The Morgan fingerprint density at radius 1 is 1.32 bits per heavy atom. The molecule has 0 radical (unpaired) electrons. The number of piperidine rings is 1. The van der Waals surface area contributed by atoms with E-state index < -0.39 is 0 Å². The molecule has 1 aliphatic rings. The van der Waals surface area contributed by atoms with Crippen LogP contribution < -0.4 is 10.5 Å². The second-order valence-electron chi connectivity index (χ2n) is 5.39. The Morgan fingerprint density at radius 3 is 2.79 bits per heavy atom. The molecule has 0 aromatic heterocycles. The van der Waals surface area contributed by atoms with Crippen LogP contribution >= 0.6 is 0 Å². The molecular formula is C15H24N2O2. The standard InChI is InChI=1S/C15H24N2O2/c1-11-4-5-17(10-15(11)19-3)9-12-6-13(16)8-14(7-12)18-2/h6-8,11,15H,4-5,9-10,16H2,1-3H3. The molecule has 0 bridgehead atoms. The Morgan fingerprint density at radius 2 is 2.11 bits per heavy atom. The zero-order chi connectivity index (χ0) is 13.8. The van der Waals surface area contributed by atoms with Crippen molar-refractivity contribution in [1.29, 1.82) is 0 Å². The van der Waals surface area contributed by atoms with Crippen LogP contribution in [-0.2, 0) is 11.3 Å². The summed E-state index contributed by atoms with van der Waals surface area (Å²) in [6, 6.07) is 5.91. The van der Waals surface area contributed by atoms with E-state index in [1.807, 2.05) is 12.1 Å². The Balaban J connectivity index is 2.03. The minimum absolute atomic E-state index is 0.330. The summed E-state index contributed by atoms with van der Waals surface area (Å²) >= 11 is 0. The average Bonchev–Trinajstić information content (AvgIpc) is 2.40. The number of benzene rings is 1. The summed E-state index contributed by atoms with van der Waals surface area (Å²) in [6.07, 6.45) is 1.51. The third-order valence-electron chi connectivity index (χ3n) is 3.91. The van der Waals surface area contributed by atoms with Crippen molar-refractivity contribution in [3.05, 3.63) is 23.8 Å². The lowest BCUT2D eigenvalue weighted by Crippen LogP contribution is -2.43. The van der Waals surface area contributed by atoms with Crippen LogP contribution in [0.2, 0.25) is 0 Å². The van der Waals surface area contributed by atoms with Gasteiger partial charge >= 0.3 is 0 Å². The van der Waals surface area contributed by atoms with Crippen molar-refractivity contribution in [2.45, 2.75) is 26.0 Å². The van der Waals surface area contributed by atoms with Crippen molar-refractivity contribution in [3.8, 4) is 5.75 Å². The number of nitrogens with zero attached hydrogens (tertiary/aromatic N) is 1. The molecule has 2 rings (SSSR count). The van der Waals surface area contributed by atoms with Crippen LogP contribution in [0.5, 0.6) is 5.75 Å². The highest BCUT2D eigenvalue weighted by atomic mass is 16.5. The number of methoxy groups -OCH3 is 2. The van der Waals surface area contributed by atoms with E-state index in [0.29, 0.717) is 12.0 Å². The van der Waals surface area contributed by atoms with Crippen molar-refractivity contribution < 1.29 is 9.47 Å². The lowest BCUT2D eigenvalue weighted by atomic mass is 9.95. The van der Waals surface area contributed by atoms with E-state index in [1.165, 1.54) is 12.0 Å². The summed E-state index contributed by atoms with van der Waals surface area (Å²) in [5, 5.41) is 0. The van der Waals surface area contributed by atoms with Gasteiger partial charge in [-0.25, -0.2) is 0 Å². The van der Waals surface area contributed by atoms with Crippen LogP contribution in [0.1, 0.15) is 18.9 Å². The van der Waals surface area contributed by atoms with Crippen molar-refractivity contribution >= 4 is 5.69 Å². The molecular weight excluding hydrogens is 240 g/mol. The van der Waals surface area contributed by atoms with Crippen molar-refractivity contribution in [3.63, 3.8) is 0 Å². The molecule has 106 valence electrons. The summed E-state index contributed by atoms with van der Waals surface area (Å²) < 4.78 is 10.8. The number of likely N-dealkylation sites (tertiary alicyclic amines) is 1. The number of ether oxygens (including phenoxy) is 2. The first-order valence-corrected chi connectivity index (χ1v) is 6.81. The van der Waals surface area contributed by atoms with E-state index in [4.69, 9.17) is 15.2 Å². The lowest BCUT2D eigenvalue weighted by molar-refractivity contribution is -0.00745. The summed E-state index contributed by atoms with van der Waals surface area (Å²) in [4.78, 5) is 2.42. The Bertz CT molecular complexity index is 423. The SMILES string of the molecule is COc1cc(N)cc(CN2CCC(C)C(OC)C2)c1. The maximum absolute atomic E-state index is 5.89. The molecule has 2 N–H and O–H groups in total. The van der Waals surface area contributed by atoms with Gasteiger partial charge in [-0.2, -0.15) is 0 Å². The minimum atomic E-state index is 0.330. The molecule has 0 spiro atoms. The van der Waals surface area contributed by atoms with E-state index in [0.717, 1.165) is 31.1 Å². The fourth-order valence-electron chi connectivity index (χ4n) is 2.70. The monoisotopic (exact) mass is 264 g/mol. The lowest BCUT2D eigenvalue weighted by Gasteiger charge is -2.36. The third-order valence-corrected chi connectivity index (χ3v) is 3.91. The van der Waals surface area contributed by atoms with Gasteiger partial charge in [0.05, 0.1) is 13.2 Å². The van der Waals surface area contributed by atoms with E-state index in [2.05, 4.69) is 17.9 Å². The highest BCUT2D eigenvalue weighted by Gasteiger charge is 2.25. The normalized spacial score (nSPS) is 24.4. The summed E-state index contributed by atoms with van der Waals surface area (Å²) in [5.74, 6) is 1.46. The van der Waals surface area contributed by atoms with Crippen LogP contribution in [0.3, 0.4) is 0 Å². The number of nitrogens with two attached hydrogens (primary N) is 1. The number of hydrogen-bond acceptors (Lipinski definition) is 4. The highest BCUT2D eigenvalue weighted by molar-refractivity contribution is 5.47. The van der Waals surface area contributed by atoms with Crippen molar-refractivity contribution in [1.82, 2.24) is 4.90 Å². The first kappa shape index (κ1) is 14.2. The van der Waals surface area contributed by atoms with E-state index >= 15 is 0 Å². The van der Waals surface area contributed by atoms with E-state index in [9.17, 15) is 0 Å². The molecule has 0 aliphatic carbocycles. The molecule has 4 nitrogen and oxygen atoms in total. The average molecular weight is 264 g/mol. The fourth-order valence-corrected chi connectivity index (χ4v) is 2.70. The quantitative estimate of drug-likeness (QED) is 0.846. The van der Waals surface area contributed by atoms with Gasteiger partial charge in [-0.3, -0.25) is 4.90 Å². The first-order valence-electron chi connectivity index (χ1n) is 6.81. The zero-order valence-electron chi connectivity index (χ0n) is 12.1. The predicted octanol–water partition coefficient (Wildman–Crippen LogP) is 2.13. The minimum Gasteiger partial charge on any atom is -0.497 e. The van der Waals surface area contributed by atoms with Gasteiger partial charge in [0, 0.05) is 32.0 Å². The van der Waals surface area contributed by atoms with Crippen LogP contribution in [0.25, 0.3) is 0 Å². The summed E-state index contributed by atoms with van der Waals surface area (Å²) in [6.45, 7) is 5.25. The Labute approximate surface area is 115 Å². The molecule has 1 heterocycles. The maximum Gasteiger partial charge on any atom is 0.121 e. The molecule has 0 saturated carbocycles. The van der Waals surface area contributed by atoms with Gasteiger partial charge in [-0.1, -0.05) is 6.92 Å². The van der Waals surface area contributed by atoms with Gasteiger partial charge in [0.1, 0.15) is 5.75 Å². The molecule has 1 aromatic carbocycles. The maximum atomic E-state index is 5.89. The predicted molar refractivity (Wildman–Crippen MR) is 77.3 cm³/mol. The van der Waals surface area contributed by atoms with Gasteiger partial charge in [-0.05, 0) is 36.6 Å². The molecule has 1 saturated heterocycles. The number of nitrogen functional groups attached to an aromatic ring is 1. The summed E-state index contributed by atoms with van der Waals surface area (Å²) in [5.41, 5.74) is 7.84. The van der Waals surface area contributed by atoms with Crippen molar-refractivity contribution in [2.24, 2.45) is 5.92 Å². The van der Waals surface area contributed by atoms with E-state index in [-0.39, 0.29) is 0 Å². The molecule has 2 unspecified atom stereocenters. The molecule has 1 aliphatic heterocycles. The first-order chi connectivity index (χ1) is 9.12. The van der Waals surface area contributed by atoms with Crippen LogP contribution in [0, 0.1) is 5.92 Å². The molecule has 1 aromatic rings. The second-order valence-corrected chi connectivity index (χ2v) is 5.39. The molecule has 2 atom stereocenters. The summed E-state index contributed by atoms with van der Waals surface area (Å²) in [7, 11) is 3.47. The number of anilines is 1. The zero-order valence-corrected chi connectivity index (χ0v) is 12.1. The third kappa shape index (κ3) is 3.61. The van der Waals surface area contributed by atoms with Gasteiger partial charge in [0.25, 0.3) is 0 Å². The van der Waals surface area contributed by atoms with Crippen molar-refractivity contribution in [2.75, 3.05) is 33.0 Å². The van der Waals surface area contributed by atoms with Crippen LogP contribution in [-0.4, -0.2) is 38.3 Å². The van der Waals surface area contributed by atoms with Crippen LogP contribution in [0.15, 0.2) is 18.2 Å².